The van der Waals surface area contributed by atoms with Crippen LogP contribution < -0.4 is 4.74 Å². The third-order valence-electron chi connectivity index (χ3n) is 2.81. The van der Waals surface area contributed by atoms with Crippen LogP contribution in [0.4, 0.5) is 10.5 Å². The molecule has 0 aromatic heterocycles. The molecule has 0 heterocycles. The van der Waals surface area contributed by atoms with E-state index in [0.29, 0.717) is 0 Å². The third kappa shape index (κ3) is 4.17. The summed E-state index contributed by atoms with van der Waals surface area (Å²) in [5.74, 6) is 0.177. The SMILES string of the molecule is C[C@](I)(OC(=O)Oc1ccc([N+](=O)[O-])cc1)c1ccccc1. The summed E-state index contributed by atoms with van der Waals surface area (Å²) in [4.78, 5) is 21.9. The smallest absolute Gasteiger partial charge is 0.412 e. The van der Waals surface area contributed by atoms with E-state index in [1.165, 1.54) is 24.3 Å². The number of hydrogen-bond acceptors (Lipinski definition) is 5. The van der Waals surface area contributed by atoms with Crippen LogP contribution in [0.2, 0.25) is 0 Å². The second kappa shape index (κ2) is 6.73. The number of carbonyl (C=O) groups is 1. The fraction of sp³-hybridized carbons (Fsp3) is 0.133. The number of nitrogens with zero attached hydrogens (tertiary/aromatic N) is 1. The molecule has 2 aromatic carbocycles. The second-order valence-corrected chi connectivity index (χ2v) is 6.55. The number of halogens is 1. The molecule has 0 saturated heterocycles. The Kier molecular flexibility index (Phi) is 4.96. The number of rotatable bonds is 4. The largest absolute Gasteiger partial charge is 0.515 e. The van der Waals surface area contributed by atoms with Gasteiger partial charge in [-0.05, 0) is 41.6 Å². The van der Waals surface area contributed by atoms with E-state index in [0.717, 1.165) is 5.56 Å². The van der Waals surface area contributed by atoms with E-state index < -0.39 is 14.7 Å². The summed E-state index contributed by atoms with van der Waals surface area (Å²) in [5.41, 5.74) is 0.736. The molecule has 114 valence electrons. The number of non-ortho nitro benzene ring substituents is 1. The van der Waals surface area contributed by atoms with Crippen LogP contribution in [0.1, 0.15) is 12.5 Å². The molecule has 0 fully saturated rings. The van der Waals surface area contributed by atoms with Crippen molar-refractivity contribution in [2.24, 2.45) is 0 Å². The van der Waals surface area contributed by atoms with Crippen LogP contribution in [-0.4, -0.2) is 11.1 Å². The third-order valence-corrected chi connectivity index (χ3v) is 3.66. The molecular formula is C15H12INO5. The van der Waals surface area contributed by atoms with Gasteiger partial charge in [0, 0.05) is 17.7 Å². The topological polar surface area (TPSA) is 78.7 Å². The van der Waals surface area contributed by atoms with Crippen LogP contribution in [0.25, 0.3) is 0 Å². The van der Waals surface area contributed by atoms with Gasteiger partial charge in [-0.15, -0.1) is 0 Å². The number of nitro groups is 1. The average molecular weight is 413 g/mol. The molecule has 6 nitrogen and oxygen atoms in total. The molecule has 0 N–H and O–H groups in total. The van der Waals surface area contributed by atoms with Crippen LogP contribution in [0, 0.1) is 10.1 Å². The van der Waals surface area contributed by atoms with Crippen molar-refractivity contribution in [3.8, 4) is 5.75 Å². The summed E-state index contributed by atoms with van der Waals surface area (Å²) >= 11 is 2.00. The molecule has 0 radical (unpaired) electrons. The van der Waals surface area contributed by atoms with Crippen LogP contribution in [0.5, 0.6) is 5.75 Å². The van der Waals surface area contributed by atoms with Crippen molar-refractivity contribution in [1.29, 1.82) is 0 Å². The molecular weight excluding hydrogens is 401 g/mol. The zero-order valence-corrected chi connectivity index (χ0v) is 13.7. The Morgan fingerprint density at radius 1 is 1.14 bits per heavy atom. The van der Waals surface area contributed by atoms with Gasteiger partial charge in [0.2, 0.25) is 0 Å². The van der Waals surface area contributed by atoms with Gasteiger partial charge >= 0.3 is 6.16 Å². The summed E-state index contributed by atoms with van der Waals surface area (Å²) in [7, 11) is 0. The van der Waals surface area contributed by atoms with Gasteiger partial charge in [-0.1, -0.05) is 30.3 Å². The van der Waals surface area contributed by atoms with Gasteiger partial charge < -0.3 is 9.47 Å². The minimum atomic E-state index is -0.880. The molecule has 0 spiro atoms. The fourth-order valence-electron chi connectivity index (χ4n) is 1.70. The number of carbonyl (C=O) groups excluding carboxylic acids is 1. The quantitative estimate of drug-likeness (QED) is 0.185. The highest BCUT2D eigenvalue weighted by Crippen LogP contribution is 2.33. The lowest BCUT2D eigenvalue weighted by molar-refractivity contribution is -0.384. The van der Waals surface area contributed by atoms with Crippen LogP contribution in [-0.2, 0) is 8.34 Å². The predicted molar refractivity (Wildman–Crippen MR) is 88.0 cm³/mol. The number of hydrogen-bond donors (Lipinski definition) is 0. The molecule has 0 unspecified atom stereocenters. The summed E-state index contributed by atoms with van der Waals surface area (Å²) in [6.07, 6.45) is -0.880. The first-order valence-corrected chi connectivity index (χ1v) is 7.36. The maximum absolute atomic E-state index is 11.8. The fourth-order valence-corrected chi connectivity index (χ4v) is 2.24. The molecule has 2 rings (SSSR count). The second-order valence-electron chi connectivity index (χ2n) is 4.49. The van der Waals surface area contributed by atoms with Gasteiger partial charge in [-0.2, -0.15) is 0 Å². The standard InChI is InChI=1S/C15H12INO5/c1-15(16,11-5-3-2-4-6-11)22-14(18)21-13-9-7-12(8-10-13)17(19)20/h2-10H,1H3/t15-/m0/s1. The van der Waals surface area contributed by atoms with E-state index in [4.69, 9.17) is 9.47 Å². The monoisotopic (exact) mass is 413 g/mol. The van der Waals surface area contributed by atoms with Crippen LogP contribution >= 0.6 is 22.6 Å². The van der Waals surface area contributed by atoms with E-state index in [9.17, 15) is 14.9 Å². The van der Waals surface area contributed by atoms with Crippen LogP contribution in [0.15, 0.2) is 54.6 Å². The summed E-state index contributed by atoms with van der Waals surface area (Å²) in [6, 6.07) is 14.4. The Labute approximate surface area is 140 Å². The van der Waals surface area contributed by atoms with E-state index in [-0.39, 0.29) is 11.4 Å². The Balaban J connectivity index is 2.02. The first-order chi connectivity index (χ1) is 10.4. The van der Waals surface area contributed by atoms with Crippen molar-refractivity contribution in [3.63, 3.8) is 0 Å². The van der Waals surface area contributed by atoms with E-state index >= 15 is 0 Å². The number of benzene rings is 2. The first-order valence-electron chi connectivity index (χ1n) is 6.28. The molecule has 22 heavy (non-hydrogen) atoms. The lowest BCUT2D eigenvalue weighted by Gasteiger charge is -2.22. The highest BCUT2D eigenvalue weighted by molar-refractivity contribution is 14.1. The molecule has 0 aliphatic carbocycles. The van der Waals surface area contributed by atoms with E-state index in [1.807, 2.05) is 52.9 Å². The van der Waals surface area contributed by atoms with E-state index in [1.54, 1.807) is 6.92 Å². The van der Waals surface area contributed by atoms with Crippen molar-refractivity contribution in [1.82, 2.24) is 0 Å². The van der Waals surface area contributed by atoms with Crippen molar-refractivity contribution in [3.05, 3.63) is 70.3 Å². The number of ether oxygens (including phenoxy) is 2. The highest BCUT2D eigenvalue weighted by Gasteiger charge is 2.28. The molecule has 2 aromatic rings. The molecule has 0 aliphatic rings. The molecule has 0 aliphatic heterocycles. The minimum Gasteiger partial charge on any atom is -0.412 e. The first kappa shape index (κ1) is 16.2. The van der Waals surface area contributed by atoms with Crippen molar-refractivity contribution in [2.45, 2.75) is 10.5 Å². The van der Waals surface area contributed by atoms with E-state index in [2.05, 4.69) is 0 Å². The van der Waals surface area contributed by atoms with Crippen LogP contribution in [0.3, 0.4) is 0 Å². The summed E-state index contributed by atoms with van der Waals surface area (Å²) in [5, 5.41) is 10.6. The number of alkyl halides is 1. The van der Waals surface area contributed by atoms with Crippen molar-refractivity contribution in [2.75, 3.05) is 0 Å². The lowest BCUT2D eigenvalue weighted by atomic mass is 10.1. The lowest BCUT2D eigenvalue weighted by Crippen LogP contribution is -2.24. The maximum atomic E-state index is 11.8. The van der Waals surface area contributed by atoms with Crippen molar-refractivity contribution >= 4 is 34.4 Å². The van der Waals surface area contributed by atoms with Gasteiger partial charge in [0.05, 0.1) is 4.92 Å². The Morgan fingerprint density at radius 2 is 1.73 bits per heavy atom. The Hall–Kier alpha value is -2.16. The Morgan fingerprint density at radius 3 is 2.27 bits per heavy atom. The summed E-state index contributed by atoms with van der Waals surface area (Å²) < 4.78 is 9.44. The summed E-state index contributed by atoms with van der Waals surface area (Å²) in [6.45, 7) is 1.74. The minimum absolute atomic E-state index is 0.0799. The maximum Gasteiger partial charge on any atom is 0.515 e. The van der Waals surface area contributed by atoms with Gasteiger partial charge in [0.25, 0.3) is 5.69 Å². The van der Waals surface area contributed by atoms with Crippen molar-refractivity contribution < 1.29 is 19.2 Å². The Bertz CT molecular complexity index is 670. The predicted octanol–water partition coefficient (Wildman–Crippen LogP) is 4.42. The van der Waals surface area contributed by atoms with Gasteiger partial charge in [-0.25, -0.2) is 4.79 Å². The van der Waals surface area contributed by atoms with Gasteiger partial charge in [-0.3, -0.25) is 10.1 Å². The van der Waals surface area contributed by atoms with Gasteiger partial charge in [0.1, 0.15) is 5.75 Å². The average Bonchev–Trinajstić information content (AvgIpc) is 2.48. The molecule has 7 heteroatoms. The molecule has 0 saturated carbocycles. The molecule has 1 atom stereocenters. The molecule has 0 amide bonds. The normalized spacial score (nSPS) is 13.0. The van der Waals surface area contributed by atoms with Gasteiger partial charge in [0.15, 0.2) is 3.61 Å². The zero-order valence-electron chi connectivity index (χ0n) is 11.6. The molecule has 0 bridgehead atoms. The zero-order chi connectivity index (χ0) is 16.2. The highest BCUT2D eigenvalue weighted by atomic mass is 127. The number of nitro benzene ring substituents is 1.